The first-order valence-electron chi connectivity index (χ1n) is 3.56. The fourth-order valence-corrected chi connectivity index (χ4v) is 2.20. The zero-order valence-corrected chi connectivity index (χ0v) is 5.24. The van der Waals surface area contributed by atoms with Gasteiger partial charge in [0.2, 0.25) is 0 Å². The molecule has 0 nitrogen and oxygen atoms in total. The van der Waals surface area contributed by atoms with Crippen molar-refractivity contribution < 1.29 is 8.78 Å². The van der Waals surface area contributed by atoms with Crippen molar-refractivity contribution in [2.75, 3.05) is 0 Å². The molecule has 0 saturated heterocycles. The summed E-state index contributed by atoms with van der Waals surface area (Å²) in [6.45, 7) is 0. The van der Waals surface area contributed by atoms with Gasteiger partial charge >= 0.3 is 0 Å². The number of fused-ring (bicyclic) bond motifs is 2. The summed E-state index contributed by atoms with van der Waals surface area (Å²) in [6, 6.07) is 0. The summed E-state index contributed by atoms with van der Waals surface area (Å²) >= 11 is 0. The summed E-state index contributed by atoms with van der Waals surface area (Å²) in [6.07, 6.45) is 2.81. The summed E-state index contributed by atoms with van der Waals surface area (Å²) in [7, 11) is 0. The fraction of sp³-hybridized carbons (Fsp3) is 1.00. The molecule has 0 aromatic heterocycles. The van der Waals surface area contributed by atoms with Crippen LogP contribution in [0.15, 0.2) is 0 Å². The molecule has 2 bridgehead atoms. The number of halogens is 2. The van der Waals surface area contributed by atoms with Crippen LogP contribution in [0.3, 0.4) is 0 Å². The maximum atomic E-state index is 12.6. The van der Waals surface area contributed by atoms with Crippen molar-refractivity contribution in [3.8, 4) is 0 Å². The predicted octanol–water partition coefficient (Wildman–Crippen LogP) is 2.44. The lowest BCUT2D eigenvalue weighted by atomic mass is 9.97. The smallest absolute Gasteiger partial charge is 0.207 e. The molecular formula is C7H10F2. The zero-order valence-electron chi connectivity index (χ0n) is 5.24. The predicted molar refractivity (Wildman–Crippen MR) is 30.4 cm³/mol. The van der Waals surface area contributed by atoms with Crippen LogP contribution in [0.4, 0.5) is 8.78 Å². The quantitative estimate of drug-likeness (QED) is 0.475. The van der Waals surface area contributed by atoms with Crippen LogP contribution in [0.25, 0.3) is 0 Å². The Bertz CT molecular complexity index is 131. The molecule has 2 saturated carbocycles. The summed E-state index contributed by atoms with van der Waals surface area (Å²) in [5, 5.41) is 0. The van der Waals surface area contributed by atoms with E-state index >= 15 is 0 Å². The molecule has 0 amide bonds. The average molecular weight is 132 g/mol. The second-order valence-corrected chi connectivity index (χ2v) is 3.34. The van der Waals surface area contributed by atoms with Gasteiger partial charge in [0.25, 0.3) is 5.92 Å². The highest BCUT2D eigenvalue weighted by Gasteiger charge is 2.52. The number of hydrogen-bond acceptors (Lipinski definition) is 0. The van der Waals surface area contributed by atoms with Crippen LogP contribution >= 0.6 is 0 Å². The highest BCUT2D eigenvalue weighted by Crippen LogP contribution is 2.53. The summed E-state index contributed by atoms with van der Waals surface area (Å²) in [4.78, 5) is 0. The van der Waals surface area contributed by atoms with Crippen LogP contribution in [-0.4, -0.2) is 5.92 Å². The summed E-state index contributed by atoms with van der Waals surface area (Å²) < 4.78 is 25.3. The number of hydrogen-bond donors (Lipinski definition) is 0. The Balaban J connectivity index is 2.18. The van der Waals surface area contributed by atoms with E-state index in [1.807, 2.05) is 0 Å². The normalized spacial score (nSPS) is 46.0. The topological polar surface area (TPSA) is 0 Å². The van der Waals surface area contributed by atoms with Crippen molar-refractivity contribution in [1.82, 2.24) is 0 Å². The second kappa shape index (κ2) is 1.47. The third-order valence-corrected chi connectivity index (χ3v) is 2.70. The lowest BCUT2D eigenvalue weighted by Crippen LogP contribution is -2.23. The van der Waals surface area contributed by atoms with E-state index < -0.39 is 5.92 Å². The monoisotopic (exact) mass is 132 g/mol. The Hall–Kier alpha value is -0.140. The molecule has 0 aliphatic heterocycles. The molecule has 0 N–H and O–H groups in total. The van der Waals surface area contributed by atoms with Gasteiger partial charge in [0.1, 0.15) is 0 Å². The van der Waals surface area contributed by atoms with Crippen LogP contribution in [0, 0.1) is 11.8 Å². The molecule has 9 heavy (non-hydrogen) atoms. The van der Waals surface area contributed by atoms with Gasteiger partial charge in [0.15, 0.2) is 0 Å². The molecule has 2 atom stereocenters. The number of alkyl halides is 2. The van der Waals surface area contributed by atoms with Crippen molar-refractivity contribution >= 4 is 0 Å². The van der Waals surface area contributed by atoms with Crippen molar-refractivity contribution in [3.05, 3.63) is 0 Å². The molecular weight excluding hydrogens is 122 g/mol. The minimum atomic E-state index is -2.29. The molecule has 2 fully saturated rings. The SMILES string of the molecule is FC1(F)CC2CCC1C2. The average Bonchev–Trinajstić information content (AvgIpc) is 2.19. The standard InChI is InChI=1S/C7H10F2/c8-7(9)4-5-1-2-6(7)3-5/h5-6H,1-4H2. The number of rotatable bonds is 0. The minimum absolute atomic E-state index is 0.178. The Morgan fingerprint density at radius 2 is 2.00 bits per heavy atom. The minimum Gasteiger partial charge on any atom is -0.207 e. The molecule has 52 valence electrons. The Morgan fingerprint density at radius 1 is 1.22 bits per heavy atom. The molecule has 0 aromatic rings. The molecule has 2 aliphatic carbocycles. The van der Waals surface area contributed by atoms with Gasteiger partial charge in [-0.2, -0.15) is 0 Å². The van der Waals surface area contributed by atoms with E-state index in [0.29, 0.717) is 5.92 Å². The van der Waals surface area contributed by atoms with Gasteiger partial charge in [-0.3, -0.25) is 0 Å². The lowest BCUT2D eigenvalue weighted by Gasteiger charge is -2.20. The third-order valence-electron chi connectivity index (χ3n) is 2.70. The van der Waals surface area contributed by atoms with Crippen molar-refractivity contribution in [2.24, 2.45) is 11.8 Å². The van der Waals surface area contributed by atoms with Gasteiger partial charge in [-0.1, -0.05) is 0 Å². The molecule has 0 aromatic carbocycles. The van der Waals surface area contributed by atoms with E-state index in [4.69, 9.17) is 0 Å². The molecule has 0 radical (unpaired) electrons. The van der Waals surface area contributed by atoms with Crippen molar-refractivity contribution in [1.29, 1.82) is 0 Å². The van der Waals surface area contributed by atoms with Gasteiger partial charge < -0.3 is 0 Å². The van der Waals surface area contributed by atoms with E-state index in [2.05, 4.69) is 0 Å². The first kappa shape index (κ1) is 5.63. The van der Waals surface area contributed by atoms with E-state index in [0.717, 1.165) is 19.3 Å². The fourth-order valence-electron chi connectivity index (χ4n) is 2.20. The summed E-state index contributed by atoms with van der Waals surface area (Å²) in [5.41, 5.74) is 0. The van der Waals surface area contributed by atoms with Gasteiger partial charge in [-0.05, 0) is 25.2 Å². The maximum Gasteiger partial charge on any atom is 0.251 e. The molecule has 2 unspecified atom stereocenters. The first-order chi connectivity index (χ1) is 4.18. The van der Waals surface area contributed by atoms with Crippen LogP contribution < -0.4 is 0 Å². The van der Waals surface area contributed by atoms with Crippen LogP contribution in [-0.2, 0) is 0 Å². The molecule has 0 spiro atoms. The molecule has 2 heteroatoms. The van der Waals surface area contributed by atoms with Crippen molar-refractivity contribution in [3.63, 3.8) is 0 Å². The third kappa shape index (κ3) is 0.684. The largest absolute Gasteiger partial charge is 0.251 e. The highest BCUT2D eigenvalue weighted by molar-refractivity contribution is 4.94. The zero-order chi connectivity index (χ0) is 6.48. The molecule has 0 heterocycles. The van der Waals surface area contributed by atoms with Crippen LogP contribution in [0.5, 0.6) is 0 Å². The van der Waals surface area contributed by atoms with Crippen LogP contribution in [0.1, 0.15) is 25.7 Å². The van der Waals surface area contributed by atoms with Crippen LogP contribution in [0.2, 0.25) is 0 Å². The van der Waals surface area contributed by atoms with Crippen molar-refractivity contribution in [2.45, 2.75) is 31.6 Å². The second-order valence-electron chi connectivity index (χ2n) is 3.34. The Morgan fingerprint density at radius 3 is 2.22 bits per heavy atom. The Labute approximate surface area is 53.2 Å². The first-order valence-corrected chi connectivity index (χ1v) is 3.56. The van der Waals surface area contributed by atoms with E-state index in [1.54, 1.807) is 0 Å². The lowest BCUT2D eigenvalue weighted by molar-refractivity contribution is -0.0512. The summed E-state index contributed by atoms with van der Waals surface area (Å²) in [5.74, 6) is -2.17. The highest BCUT2D eigenvalue weighted by atomic mass is 19.3. The molecule has 2 aliphatic rings. The van der Waals surface area contributed by atoms with Gasteiger partial charge in [0.05, 0.1) is 0 Å². The van der Waals surface area contributed by atoms with Gasteiger partial charge in [-0.25, -0.2) is 8.78 Å². The molecule has 2 rings (SSSR count). The maximum absolute atomic E-state index is 12.6. The Kier molecular flexibility index (Phi) is 0.920. The van der Waals surface area contributed by atoms with E-state index in [1.165, 1.54) is 0 Å². The van der Waals surface area contributed by atoms with Gasteiger partial charge in [-0.15, -0.1) is 0 Å². The van der Waals surface area contributed by atoms with Gasteiger partial charge in [0, 0.05) is 12.3 Å². The van der Waals surface area contributed by atoms with E-state index in [-0.39, 0.29) is 12.3 Å². The van der Waals surface area contributed by atoms with E-state index in [9.17, 15) is 8.78 Å².